The molecule has 0 aliphatic heterocycles. The molecule has 204 valence electrons. The fourth-order valence-electron chi connectivity index (χ4n) is 4.12. The van der Waals surface area contributed by atoms with Crippen LogP contribution in [0.25, 0.3) is 0 Å². The van der Waals surface area contributed by atoms with Gasteiger partial charge in [-0.15, -0.1) is 0 Å². The van der Waals surface area contributed by atoms with E-state index in [2.05, 4.69) is 29.3 Å². The van der Waals surface area contributed by atoms with E-state index in [-0.39, 0.29) is 35.8 Å². The molecule has 2 heterocycles. The minimum atomic E-state index is -4.23. The van der Waals surface area contributed by atoms with Gasteiger partial charge in [-0.1, -0.05) is 12.1 Å². The van der Waals surface area contributed by atoms with E-state index in [1.165, 1.54) is 41.6 Å². The molecule has 5 N–H and O–H groups in total. The van der Waals surface area contributed by atoms with Crippen LogP contribution in [0.4, 0.5) is 14.6 Å². The molecule has 1 aromatic carbocycles. The van der Waals surface area contributed by atoms with Crippen LogP contribution in [-0.4, -0.2) is 75.6 Å². The molecule has 0 unspecified atom stereocenters. The van der Waals surface area contributed by atoms with Gasteiger partial charge in [0.2, 0.25) is 5.78 Å². The Morgan fingerprint density at radius 3 is 2.79 bits per heavy atom. The highest BCUT2D eigenvalue weighted by Crippen LogP contribution is 2.30. The standard InChI is InChI=1S/C22H24F2N6O7S/c23-22(24)37-14-3-1-2-12(6-14)9-30-5-4-16(29-30)19(32)15-8-26-11-27-21(15)28-17-7-13(18(31)20(17)33)10-36-38(25,34)35/h1-6,8,11,13,17-18,20,22,31,33H,7,9-10H2,(H2,25,34,35)(H,26,27,28)/t13-,17-,18-,20+/m1/s1. The van der Waals surface area contributed by atoms with Crippen molar-refractivity contribution in [2.24, 2.45) is 11.1 Å². The van der Waals surface area contributed by atoms with E-state index in [1.54, 1.807) is 12.1 Å². The van der Waals surface area contributed by atoms with Crippen LogP contribution in [-0.2, 0) is 21.0 Å². The minimum absolute atomic E-state index is 0.00391. The number of hydrogen-bond donors (Lipinski definition) is 4. The van der Waals surface area contributed by atoms with Crippen molar-refractivity contribution in [1.82, 2.24) is 19.7 Å². The fourth-order valence-corrected chi connectivity index (χ4v) is 4.48. The van der Waals surface area contributed by atoms with Crippen molar-refractivity contribution in [2.75, 3.05) is 11.9 Å². The van der Waals surface area contributed by atoms with Crippen LogP contribution < -0.4 is 15.2 Å². The zero-order chi connectivity index (χ0) is 27.4. The van der Waals surface area contributed by atoms with Crippen molar-refractivity contribution in [3.63, 3.8) is 0 Å². The number of benzene rings is 1. The summed E-state index contributed by atoms with van der Waals surface area (Å²) in [6.07, 6.45) is 1.46. The first-order valence-electron chi connectivity index (χ1n) is 11.2. The number of aromatic nitrogens is 4. The van der Waals surface area contributed by atoms with E-state index in [0.717, 1.165) is 0 Å². The van der Waals surface area contributed by atoms with Crippen LogP contribution in [0.1, 0.15) is 28.0 Å². The molecule has 4 atom stereocenters. The van der Waals surface area contributed by atoms with Gasteiger partial charge in [0.25, 0.3) is 0 Å². The summed E-state index contributed by atoms with van der Waals surface area (Å²) in [4.78, 5) is 21.2. The summed E-state index contributed by atoms with van der Waals surface area (Å²) >= 11 is 0. The maximum atomic E-state index is 13.2. The van der Waals surface area contributed by atoms with Gasteiger partial charge in [0.05, 0.1) is 30.9 Å². The SMILES string of the molecule is NS(=O)(=O)OC[C@H]1C[C@@H](Nc2ncncc2C(=O)c2ccn(Cc3cccc(OC(F)F)c3)n2)[C@H](O)[C@@H]1O. The largest absolute Gasteiger partial charge is 0.435 e. The molecule has 1 aliphatic carbocycles. The Kier molecular flexibility index (Phi) is 8.27. The Balaban J connectivity index is 1.46. The summed E-state index contributed by atoms with van der Waals surface area (Å²) in [7, 11) is -4.23. The first-order valence-corrected chi connectivity index (χ1v) is 12.7. The number of nitrogens with one attached hydrogen (secondary N) is 1. The zero-order valence-electron chi connectivity index (χ0n) is 19.6. The molecular formula is C22H24F2N6O7S. The number of aliphatic hydroxyl groups excluding tert-OH is 2. The maximum absolute atomic E-state index is 13.2. The Morgan fingerprint density at radius 1 is 1.26 bits per heavy atom. The molecule has 2 aromatic heterocycles. The number of carbonyl (C=O) groups excluding carboxylic acids is 1. The quantitative estimate of drug-likeness (QED) is 0.238. The number of hydrogen-bond acceptors (Lipinski definition) is 11. The normalized spacial score (nSPS) is 21.5. The van der Waals surface area contributed by atoms with Crippen molar-refractivity contribution in [1.29, 1.82) is 0 Å². The van der Waals surface area contributed by atoms with Gasteiger partial charge >= 0.3 is 16.9 Å². The smallest absolute Gasteiger partial charge is 0.387 e. The maximum Gasteiger partial charge on any atom is 0.387 e. The van der Waals surface area contributed by atoms with Crippen LogP contribution in [0.3, 0.4) is 0 Å². The molecule has 3 aromatic rings. The molecular weight excluding hydrogens is 530 g/mol. The Labute approximate surface area is 215 Å². The summed E-state index contributed by atoms with van der Waals surface area (Å²) in [5.74, 6) is -1.22. The minimum Gasteiger partial charge on any atom is -0.435 e. The monoisotopic (exact) mass is 554 g/mol. The summed E-state index contributed by atoms with van der Waals surface area (Å²) < 4.78 is 57.5. The van der Waals surface area contributed by atoms with E-state index in [0.29, 0.717) is 5.56 Å². The molecule has 0 radical (unpaired) electrons. The first-order chi connectivity index (χ1) is 18.0. The summed E-state index contributed by atoms with van der Waals surface area (Å²) in [5, 5.41) is 32.7. The Bertz CT molecular complexity index is 1390. The molecule has 1 aliphatic rings. The number of ketones is 1. The molecule has 38 heavy (non-hydrogen) atoms. The molecule has 0 saturated heterocycles. The lowest BCUT2D eigenvalue weighted by Crippen LogP contribution is -2.36. The number of rotatable bonds is 11. The number of anilines is 1. The third-order valence-electron chi connectivity index (χ3n) is 5.87. The molecule has 1 fully saturated rings. The lowest BCUT2D eigenvalue weighted by molar-refractivity contribution is -0.0498. The first kappa shape index (κ1) is 27.5. The third-order valence-corrected chi connectivity index (χ3v) is 6.33. The number of alkyl halides is 2. The van der Waals surface area contributed by atoms with E-state index >= 15 is 0 Å². The average molecular weight is 555 g/mol. The lowest BCUT2D eigenvalue weighted by atomic mass is 10.1. The molecule has 0 spiro atoms. The summed E-state index contributed by atoms with van der Waals surface area (Å²) in [5.41, 5.74) is 0.704. The second-order valence-electron chi connectivity index (χ2n) is 8.54. The molecule has 4 rings (SSSR count). The van der Waals surface area contributed by atoms with Gasteiger partial charge < -0.3 is 20.3 Å². The van der Waals surface area contributed by atoms with Gasteiger partial charge in [-0.2, -0.15) is 22.3 Å². The highest BCUT2D eigenvalue weighted by Gasteiger charge is 2.42. The molecule has 0 bridgehead atoms. The predicted molar refractivity (Wildman–Crippen MR) is 126 cm³/mol. The third kappa shape index (κ3) is 6.84. The lowest BCUT2D eigenvalue weighted by Gasteiger charge is -2.19. The summed E-state index contributed by atoms with van der Waals surface area (Å²) in [6.45, 7) is -3.21. The highest BCUT2D eigenvalue weighted by molar-refractivity contribution is 7.84. The predicted octanol–water partition coefficient (Wildman–Crippen LogP) is 0.296. The van der Waals surface area contributed by atoms with Gasteiger partial charge in [-0.05, 0) is 30.2 Å². The van der Waals surface area contributed by atoms with Gasteiger partial charge in [0.1, 0.15) is 29.7 Å². The van der Waals surface area contributed by atoms with Crippen LogP contribution in [0, 0.1) is 5.92 Å². The van der Waals surface area contributed by atoms with Crippen molar-refractivity contribution >= 4 is 21.9 Å². The molecule has 1 saturated carbocycles. The number of carbonyl (C=O) groups is 1. The van der Waals surface area contributed by atoms with E-state index in [1.807, 2.05) is 0 Å². The van der Waals surface area contributed by atoms with E-state index < -0.39 is 53.5 Å². The van der Waals surface area contributed by atoms with Gasteiger partial charge in [0.15, 0.2) is 0 Å². The second kappa shape index (κ2) is 11.4. The van der Waals surface area contributed by atoms with Crippen molar-refractivity contribution < 1.29 is 41.1 Å². The van der Waals surface area contributed by atoms with Crippen LogP contribution in [0.2, 0.25) is 0 Å². The highest BCUT2D eigenvalue weighted by atomic mass is 32.2. The number of nitrogens with zero attached hydrogens (tertiary/aromatic N) is 4. The van der Waals surface area contributed by atoms with E-state index in [9.17, 15) is 32.2 Å². The van der Waals surface area contributed by atoms with Gasteiger partial charge in [0, 0.05) is 18.3 Å². The second-order valence-corrected chi connectivity index (χ2v) is 9.77. The topological polar surface area (TPSA) is 192 Å². The molecule has 0 amide bonds. The van der Waals surface area contributed by atoms with Crippen LogP contribution in [0.15, 0.2) is 49.1 Å². The number of ether oxygens (including phenoxy) is 1. The van der Waals surface area contributed by atoms with E-state index in [4.69, 9.17) is 5.14 Å². The van der Waals surface area contributed by atoms with Crippen molar-refractivity contribution in [3.05, 3.63) is 65.9 Å². The Morgan fingerprint density at radius 2 is 2.05 bits per heavy atom. The zero-order valence-corrected chi connectivity index (χ0v) is 20.4. The van der Waals surface area contributed by atoms with Gasteiger partial charge in [-0.25, -0.2) is 15.1 Å². The van der Waals surface area contributed by atoms with Gasteiger partial charge in [-0.3, -0.25) is 13.7 Å². The molecule has 16 heteroatoms. The number of halogens is 2. The van der Waals surface area contributed by atoms with Crippen LogP contribution >= 0.6 is 0 Å². The Hall–Kier alpha value is -3.57. The average Bonchev–Trinajstić information content (AvgIpc) is 3.42. The fraction of sp³-hybridized carbons (Fsp3) is 0.364. The summed E-state index contributed by atoms with van der Waals surface area (Å²) in [6, 6.07) is 6.76. The molecule has 13 nitrogen and oxygen atoms in total. The number of nitrogens with two attached hydrogens (primary N) is 1. The van der Waals surface area contributed by atoms with Crippen LogP contribution in [0.5, 0.6) is 5.75 Å². The van der Waals surface area contributed by atoms with Crippen molar-refractivity contribution in [3.8, 4) is 5.75 Å². The van der Waals surface area contributed by atoms with Crippen molar-refractivity contribution in [2.45, 2.75) is 37.8 Å². The number of aliphatic hydroxyl groups is 2.